The number of nitrogens with one attached hydrogen (secondary N) is 1. The van der Waals surface area contributed by atoms with Crippen LogP contribution in [0.1, 0.15) is 17.0 Å². The van der Waals surface area contributed by atoms with Gasteiger partial charge in [-0.2, -0.15) is 0 Å². The van der Waals surface area contributed by atoms with Crippen LogP contribution in [0.3, 0.4) is 0 Å². The number of hydrogen-bond acceptors (Lipinski definition) is 4. The number of aromatic nitrogens is 2. The molecule has 0 saturated carbocycles. The van der Waals surface area contributed by atoms with E-state index in [0.29, 0.717) is 19.7 Å². The van der Waals surface area contributed by atoms with E-state index in [2.05, 4.69) is 27.9 Å². The minimum absolute atomic E-state index is 0.0377. The van der Waals surface area contributed by atoms with Crippen molar-refractivity contribution in [2.24, 2.45) is 0 Å². The summed E-state index contributed by atoms with van der Waals surface area (Å²) in [5.41, 5.74) is 4.27. The molecule has 3 aromatic rings. The summed E-state index contributed by atoms with van der Waals surface area (Å²) in [7, 11) is 1.50. The molecule has 0 unspecified atom stereocenters. The number of ether oxygens (including phenoxy) is 2. The molecule has 27 heavy (non-hydrogen) atoms. The molecule has 142 valence electrons. The minimum Gasteiger partial charge on any atom is -0.491 e. The Morgan fingerprint density at radius 3 is 2.78 bits per heavy atom. The molecule has 1 heterocycles. The Kier molecular flexibility index (Phi) is 6.08. The second kappa shape index (κ2) is 8.68. The molecule has 0 bridgehead atoms. The second-order valence-corrected chi connectivity index (χ2v) is 6.50. The largest absolute Gasteiger partial charge is 0.491 e. The third kappa shape index (κ3) is 4.65. The molecule has 2 aromatic carbocycles. The van der Waals surface area contributed by atoms with Crippen LogP contribution in [0.4, 0.5) is 0 Å². The van der Waals surface area contributed by atoms with E-state index in [1.54, 1.807) is 0 Å². The highest BCUT2D eigenvalue weighted by Crippen LogP contribution is 2.20. The number of para-hydroxylation sites is 2. The van der Waals surface area contributed by atoms with Gasteiger partial charge in [0, 0.05) is 7.11 Å². The average Bonchev–Trinajstić information content (AvgIpc) is 3.00. The summed E-state index contributed by atoms with van der Waals surface area (Å²) in [5, 5.41) is 2.84. The van der Waals surface area contributed by atoms with E-state index >= 15 is 0 Å². The van der Waals surface area contributed by atoms with Gasteiger partial charge in [-0.1, -0.05) is 29.8 Å². The average molecular weight is 367 g/mol. The maximum atomic E-state index is 11.7. The zero-order valence-corrected chi connectivity index (χ0v) is 16.0. The molecule has 6 nitrogen and oxygen atoms in total. The first-order valence-electron chi connectivity index (χ1n) is 8.98. The van der Waals surface area contributed by atoms with Crippen LogP contribution < -0.4 is 10.1 Å². The Hall–Kier alpha value is -2.86. The van der Waals surface area contributed by atoms with E-state index in [4.69, 9.17) is 9.47 Å². The van der Waals surface area contributed by atoms with Gasteiger partial charge in [-0.15, -0.1) is 0 Å². The molecule has 0 radical (unpaired) electrons. The fraction of sp³-hybridized carbons (Fsp3) is 0.333. The number of nitrogens with zero attached hydrogens (tertiary/aromatic N) is 2. The van der Waals surface area contributed by atoms with Gasteiger partial charge < -0.3 is 19.4 Å². The molecule has 0 aliphatic carbocycles. The Labute approximate surface area is 159 Å². The molecule has 0 fully saturated rings. The third-order valence-corrected chi connectivity index (χ3v) is 4.36. The normalized spacial score (nSPS) is 10.9. The van der Waals surface area contributed by atoms with Crippen LogP contribution in [-0.4, -0.2) is 35.8 Å². The molecule has 0 aliphatic rings. The van der Waals surface area contributed by atoms with Gasteiger partial charge in [-0.3, -0.25) is 4.79 Å². The summed E-state index contributed by atoms with van der Waals surface area (Å²) in [6, 6.07) is 14.1. The van der Waals surface area contributed by atoms with Gasteiger partial charge >= 0.3 is 0 Å². The van der Waals surface area contributed by atoms with Gasteiger partial charge in [0.1, 0.15) is 24.8 Å². The molecule has 0 spiro atoms. The zero-order chi connectivity index (χ0) is 19.2. The predicted octanol–water partition coefficient (Wildman–Crippen LogP) is 2.99. The topological polar surface area (TPSA) is 65.4 Å². The summed E-state index contributed by atoms with van der Waals surface area (Å²) in [5.74, 6) is 1.52. The summed E-state index contributed by atoms with van der Waals surface area (Å²) >= 11 is 0. The predicted molar refractivity (Wildman–Crippen MR) is 105 cm³/mol. The van der Waals surface area contributed by atoms with E-state index < -0.39 is 0 Å². The maximum Gasteiger partial charge on any atom is 0.246 e. The fourth-order valence-corrected chi connectivity index (χ4v) is 3.08. The Morgan fingerprint density at radius 1 is 1.19 bits per heavy atom. The minimum atomic E-state index is -0.164. The zero-order valence-electron chi connectivity index (χ0n) is 16.0. The summed E-state index contributed by atoms with van der Waals surface area (Å²) in [4.78, 5) is 16.4. The quantitative estimate of drug-likeness (QED) is 0.665. The number of carbonyl (C=O) groups is 1. The first-order chi connectivity index (χ1) is 13.1. The number of benzene rings is 2. The highest BCUT2D eigenvalue weighted by atomic mass is 16.5. The van der Waals surface area contributed by atoms with E-state index in [1.807, 2.05) is 43.3 Å². The first kappa shape index (κ1) is 18.9. The molecule has 0 aliphatic heterocycles. The van der Waals surface area contributed by atoms with Crippen LogP contribution >= 0.6 is 0 Å². The number of methoxy groups -OCH3 is 1. The molecule has 6 heteroatoms. The molecule has 1 amide bonds. The van der Waals surface area contributed by atoms with Crippen molar-refractivity contribution in [1.82, 2.24) is 14.9 Å². The van der Waals surface area contributed by atoms with Crippen molar-refractivity contribution in [2.45, 2.75) is 26.9 Å². The van der Waals surface area contributed by atoms with Crippen molar-refractivity contribution >= 4 is 16.9 Å². The van der Waals surface area contributed by atoms with Gasteiger partial charge in [0.05, 0.1) is 24.1 Å². The first-order valence-corrected chi connectivity index (χ1v) is 8.98. The van der Waals surface area contributed by atoms with Gasteiger partial charge in [0.15, 0.2) is 0 Å². The SMILES string of the molecule is COCC(=O)NCc1nc2ccccc2n1CCOc1ccc(C)cc1C. The van der Waals surface area contributed by atoms with Crippen molar-refractivity contribution in [3.05, 3.63) is 59.4 Å². The van der Waals surface area contributed by atoms with Crippen molar-refractivity contribution in [3.8, 4) is 5.75 Å². The Morgan fingerprint density at radius 2 is 2.00 bits per heavy atom. The lowest BCUT2D eigenvalue weighted by Gasteiger charge is -2.13. The van der Waals surface area contributed by atoms with Crippen LogP contribution in [-0.2, 0) is 22.6 Å². The highest BCUT2D eigenvalue weighted by Gasteiger charge is 2.12. The van der Waals surface area contributed by atoms with Crippen LogP contribution in [0.25, 0.3) is 11.0 Å². The van der Waals surface area contributed by atoms with Crippen LogP contribution in [0.2, 0.25) is 0 Å². The van der Waals surface area contributed by atoms with Gasteiger partial charge in [0.25, 0.3) is 0 Å². The molecular weight excluding hydrogens is 342 g/mol. The number of hydrogen-bond donors (Lipinski definition) is 1. The van der Waals surface area contributed by atoms with E-state index in [1.165, 1.54) is 12.7 Å². The van der Waals surface area contributed by atoms with Gasteiger partial charge in [0.2, 0.25) is 5.91 Å². The summed E-state index contributed by atoms with van der Waals surface area (Å²) in [6.07, 6.45) is 0. The molecule has 0 atom stereocenters. The monoisotopic (exact) mass is 367 g/mol. The van der Waals surface area contributed by atoms with E-state index in [-0.39, 0.29) is 12.5 Å². The van der Waals surface area contributed by atoms with E-state index in [9.17, 15) is 4.79 Å². The number of fused-ring (bicyclic) bond motifs is 1. The van der Waals surface area contributed by atoms with Crippen molar-refractivity contribution < 1.29 is 14.3 Å². The molecular formula is C21H25N3O3. The van der Waals surface area contributed by atoms with Crippen molar-refractivity contribution in [1.29, 1.82) is 0 Å². The van der Waals surface area contributed by atoms with E-state index in [0.717, 1.165) is 28.2 Å². The lowest BCUT2D eigenvalue weighted by Crippen LogP contribution is -2.28. The Bertz CT molecular complexity index is 934. The number of carbonyl (C=O) groups excluding carboxylic acids is 1. The third-order valence-electron chi connectivity index (χ3n) is 4.36. The number of imidazole rings is 1. The van der Waals surface area contributed by atoms with Gasteiger partial charge in [-0.25, -0.2) is 4.98 Å². The van der Waals surface area contributed by atoms with Crippen molar-refractivity contribution in [2.75, 3.05) is 20.3 Å². The van der Waals surface area contributed by atoms with Crippen LogP contribution in [0.5, 0.6) is 5.75 Å². The number of amides is 1. The van der Waals surface area contributed by atoms with Crippen LogP contribution in [0, 0.1) is 13.8 Å². The molecule has 1 N–H and O–H groups in total. The summed E-state index contributed by atoms with van der Waals surface area (Å²) < 4.78 is 12.9. The lowest BCUT2D eigenvalue weighted by atomic mass is 10.1. The standard InChI is InChI=1S/C21H25N3O3/c1-15-8-9-19(16(2)12-15)27-11-10-24-18-7-5-4-6-17(18)23-20(24)13-22-21(25)14-26-3/h4-9,12H,10-11,13-14H2,1-3H3,(H,22,25). The number of rotatable bonds is 8. The van der Waals surface area contributed by atoms with Crippen molar-refractivity contribution in [3.63, 3.8) is 0 Å². The number of aryl methyl sites for hydroxylation is 2. The van der Waals surface area contributed by atoms with Crippen LogP contribution in [0.15, 0.2) is 42.5 Å². The Balaban J connectivity index is 1.73. The lowest BCUT2D eigenvalue weighted by molar-refractivity contribution is -0.124. The smallest absolute Gasteiger partial charge is 0.246 e. The fourth-order valence-electron chi connectivity index (χ4n) is 3.08. The second-order valence-electron chi connectivity index (χ2n) is 6.50. The maximum absolute atomic E-state index is 11.7. The molecule has 3 rings (SSSR count). The summed E-state index contributed by atoms with van der Waals surface area (Å²) in [6.45, 7) is 5.66. The highest BCUT2D eigenvalue weighted by molar-refractivity contribution is 5.78. The molecule has 0 saturated heterocycles. The van der Waals surface area contributed by atoms with Gasteiger partial charge in [-0.05, 0) is 37.6 Å². The molecule has 1 aromatic heterocycles.